The summed E-state index contributed by atoms with van der Waals surface area (Å²) < 4.78 is 16.6. The molecule has 3 aliphatic rings. The number of hydrogen-bond acceptors (Lipinski definition) is 7. The van der Waals surface area contributed by atoms with Crippen LogP contribution in [0.2, 0.25) is 0 Å². The first kappa shape index (κ1) is 25.0. The van der Waals surface area contributed by atoms with Gasteiger partial charge in [-0.3, -0.25) is 9.59 Å². The number of Topliss-reactive ketones (excluding diaryl/α,β-unsaturated/α-hetero) is 1. The van der Waals surface area contributed by atoms with Gasteiger partial charge in [0.15, 0.2) is 5.78 Å². The minimum atomic E-state index is -0.921. The molecule has 1 aromatic carbocycles. The van der Waals surface area contributed by atoms with Crippen molar-refractivity contribution in [1.82, 2.24) is 5.32 Å². The first-order valence-corrected chi connectivity index (χ1v) is 12.5. The van der Waals surface area contributed by atoms with E-state index in [0.717, 1.165) is 44.2 Å². The van der Waals surface area contributed by atoms with Crippen molar-refractivity contribution in [1.29, 1.82) is 0 Å². The monoisotopic (exact) mass is 481 g/mol. The predicted octanol–water partition coefficient (Wildman–Crippen LogP) is 4.57. The van der Waals surface area contributed by atoms with Gasteiger partial charge in [0.2, 0.25) is 0 Å². The fourth-order valence-electron chi connectivity index (χ4n) is 5.74. The fraction of sp³-hybridized carbons (Fsp3) is 0.536. The van der Waals surface area contributed by atoms with Crippen LogP contribution in [0.15, 0.2) is 46.8 Å². The highest BCUT2D eigenvalue weighted by Crippen LogP contribution is 2.47. The van der Waals surface area contributed by atoms with Crippen LogP contribution in [0.4, 0.5) is 0 Å². The molecule has 0 radical (unpaired) electrons. The van der Waals surface area contributed by atoms with Crippen molar-refractivity contribution >= 4 is 17.7 Å². The van der Waals surface area contributed by atoms with Crippen LogP contribution in [0.1, 0.15) is 70.3 Å². The molecule has 0 unspecified atom stereocenters. The Morgan fingerprint density at radius 2 is 1.71 bits per heavy atom. The number of carbonyl (C=O) groups is 3. The first-order chi connectivity index (χ1) is 16.9. The molecule has 1 aliphatic heterocycles. The third-order valence-electron chi connectivity index (χ3n) is 7.49. The van der Waals surface area contributed by atoms with Crippen molar-refractivity contribution in [3.63, 3.8) is 0 Å². The van der Waals surface area contributed by atoms with Crippen LogP contribution < -0.4 is 10.1 Å². The number of nitrogens with one attached hydrogen (secondary N) is 1. The Morgan fingerprint density at radius 3 is 2.37 bits per heavy atom. The van der Waals surface area contributed by atoms with Gasteiger partial charge in [-0.05, 0) is 51.0 Å². The molecule has 35 heavy (non-hydrogen) atoms. The maximum Gasteiger partial charge on any atom is 0.337 e. The van der Waals surface area contributed by atoms with Gasteiger partial charge in [-0.25, -0.2) is 4.79 Å². The molecule has 4 rings (SSSR count). The second-order valence-electron chi connectivity index (χ2n) is 9.80. The summed E-state index contributed by atoms with van der Waals surface area (Å²) in [6, 6.07) is 7.39. The van der Waals surface area contributed by atoms with Crippen molar-refractivity contribution in [2.45, 2.75) is 70.8 Å². The van der Waals surface area contributed by atoms with Crippen LogP contribution in [-0.2, 0) is 23.9 Å². The second-order valence-corrected chi connectivity index (χ2v) is 9.80. The van der Waals surface area contributed by atoms with Gasteiger partial charge >= 0.3 is 11.9 Å². The van der Waals surface area contributed by atoms with E-state index in [0.29, 0.717) is 34.6 Å². The molecular formula is C28H35NO6. The average molecular weight is 482 g/mol. The zero-order chi connectivity index (χ0) is 25.1. The molecule has 1 fully saturated rings. The van der Waals surface area contributed by atoms with E-state index in [1.807, 2.05) is 38.1 Å². The van der Waals surface area contributed by atoms with Crippen LogP contribution in [0.5, 0.6) is 5.75 Å². The summed E-state index contributed by atoms with van der Waals surface area (Å²) >= 11 is 0. The zero-order valence-corrected chi connectivity index (χ0v) is 21.0. The van der Waals surface area contributed by atoms with Crippen LogP contribution >= 0.6 is 0 Å². The standard InChI is InChI=1S/C28H35NO6/c1-16-15-20-25(26(30)22(16)27(31)34-4)24(19-13-9-10-14-21(19)33-3)23(17(2)29-20)28(32)35-18-11-7-5-6-8-12-18/h9-10,13-14,16,18,22,24,29H,5-8,11-12,15H2,1-4H3/t16-,22+,24-/m0/s1. The molecule has 1 aromatic rings. The number of allylic oxidation sites excluding steroid dienone is 3. The third-order valence-corrected chi connectivity index (χ3v) is 7.49. The zero-order valence-electron chi connectivity index (χ0n) is 21.0. The highest BCUT2D eigenvalue weighted by atomic mass is 16.5. The Kier molecular flexibility index (Phi) is 7.63. The van der Waals surface area contributed by atoms with Gasteiger partial charge in [0.1, 0.15) is 17.8 Å². The van der Waals surface area contributed by atoms with Gasteiger partial charge in [0, 0.05) is 22.5 Å². The first-order valence-electron chi connectivity index (χ1n) is 12.5. The number of carbonyl (C=O) groups excluding carboxylic acids is 3. The highest BCUT2D eigenvalue weighted by molar-refractivity contribution is 6.12. The molecule has 1 saturated carbocycles. The summed E-state index contributed by atoms with van der Waals surface area (Å²) in [6.07, 6.45) is 6.43. The van der Waals surface area contributed by atoms with E-state index >= 15 is 0 Å². The number of methoxy groups -OCH3 is 2. The Morgan fingerprint density at radius 1 is 1.03 bits per heavy atom. The summed E-state index contributed by atoms with van der Waals surface area (Å²) in [5.41, 5.74) is 2.91. The minimum absolute atomic E-state index is 0.135. The molecule has 7 heteroatoms. The normalized spacial score (nSPS) is 25.4. The lowest BCUT2D eigenvalue weighted by atomic mass is 9.69. The number of ketones is 1. The molecule has 0 amide bonds. The van der Waals surface area contributed by atoms with Gasteiger partial charge in [-0.1, -0.05) is 38.0 Å². The third kappa shape index (κ3) is 4.86. The molecular weight excluding hydrogens is 446 g/mol. The minimum Gasteiger partial charge on any atom is -0.496 e. The summed E-state index contributed by atoms with van der Waals surface area (Å²) in [7, 11) is 2.86. The van der Waals surface area contributed by atoms with Crippen molar-refractivity contribution in [3.8, 4) is 5.75 Å². The number of benzene rings is 1. The lowest BCUT2D eigenvalue weighted by Crippen LogP contribution is -2.43. The predicted molar refractivity (Wildman–Crippen MR) is 130 cm³/mol. The van der Waals surface area contributed by atoms with Crippen LogP contribution in [0.3, 0.4) is 0 Å². The lowest BCUT2D eigenvalue weighted by Gasteiger charge is -2.38. The lowest BCUT2D eigenvalue weighted by molar-refractivity contribution is -0.151. The number of rotatable bonds is 5. The quantitative estimate of drug-likeness (QED) is 0.374. The summed E-state index contributed by atoms with van der Waals surface area (Å²) in [4.78, 5) is 40.1. The Balaban J connectivity index is 1.80. The number of hydrogen-bond donors (Lipinski definition) is 1. The van der Waals surface area contributed by atoms with Gasteiger partial charge in [-0.15, -0.1) is 0 Å². The largest absolute Gasteiger partial charge is 0.496 e. The summed E-state index contributed by atoms with van der Waals surface area (Å²) in [5, 5.41) is 3.32. The molecule has 3 atom stereocenters. The van der Waals surface area contributed by atoms with Crippen LogP contribution in [-0.4, -0.2) is 38.0 Å². The molecule has 2 aliphatic carbocycles. The van der Waals surface area contributed by atoms with Crippen molar-refractivity contribution < 1.29 is 28.6 Å². The van der Waals surface area contributed by atoms with Gasteiger partial charge in [-0.2, -0.15) is 0 Å². The molecule has 1 heterocycles. The van der Waals surface area contributed by atoms with E-state index in [9.17, 15) is 14.4 Å². The summed E-state index contributed by atoms with van der Waals surface area (Å²) in [6.45, 7) is 3.72. The topological polar surface area (TPSA) is 90.9 Å². The molecule has 188 valence electrons. The molecule has 0 aromatic heterocycles. The molecule has 0 saturated heterocycles. The van der Waals surface area contributed by atoms with E-state index in [4.69, 9.17) is 14.2 Å². The SMILES string of the molecule is COC(=O)[C@H]1C(=O)C2=C(C[C@@H]1C)NC(C)=C(C(=O)OC1CCCCCC1)[C@@H]2c1ccccc1OC. The van der Waals surface area contributed by atoms with E-state index in [-0.39, 0.29) is 17.8 Å². The maximum atomic E-state index is 13.8. The van der Waals surface area contributed by atoms with E-state index in [1.54, 1.807) is 7.11 Å². The van der Waals surface area contributed by atoms with Gasteiger partial charge < -0.3 is 19.5 Å². The Hall–Kier alpha value is -3.09. The van der Waals surface area contributed by atoms with Gasteiger partial charge in [0.05, 0.1) is 25.7 Å². The maximum absolute atomic E-state index is 13.8. The van der Waals surface area contributed by atoms with Crippen molar-refractivity contribution in [2.75, 3.05) is 14.2 Å². The van der Waals surface area contributed by atoms with E-state index in [2.05, 4.69) is 5.32 Å². The number of ether oxygens (including phenoxy) is 3. The molecule has 1 N–H and O–H groups in total. The number of dihydropyridines is 1. The van der Waals surface area contributed by atoms with Crippen molar-refractivity contribution in [2.24, 2.45) is 11.8 Å². The summed E-state index contributed by atoms with van der Waals surface area (Å²) in [5.74, 6) is -2.58. The smallest absolute Gasteiger partial charge is 0.337 e. The molecule has 0 bridgehead atoms. The second kappa shape index (κ2) is 10.7. The van der Waals surface area contributed by atoms with Gasteiger partial charge in [0.25, 0.3) is 0 Å². The van der Waals surface area contributed by atoms with Crippen LogP contribution in [0, 0.1) is 11.8 Å². The fourth-order valence-corrected chi connectivity index (χ4v) is 5.74. The molecule has 0 spiro atoms. The number of para-hydroxylation sites is 1. The van der Waals surface area contributed by atoms with Crippen LogP contribution in [0.25, 0.3) is 0 Å². The average Bonchev–Trinajstić information content (AvgIpc) is 3.11. The van der Waals surface area contributed by atoms with E-state index in [1.165, 1.54) is 7.11 Å². The Labute approximate surface area is 206 Å². The molecule has 7 nitrogen and oxygen atoms in total. The van der Waals surface area contributed by atoms with Crippen molar-refractivity contribution in [3.05, 3.63) is 52.4 Å². The highest BCUT2D eigenvalue weighted by Gasteiger charge is 2.48. The number of esters is 2. The van der Waals surface area contributed by atoms with E-state index < -0.39 is 23.8 Å². The Bertz CT molecular complexity index is 1060.